The lowest BCUT2D eigenvalue weighted by atomic mass is 10.2. The molecule has 2 aromatic carbocycles. The van der Waals surface area contributed by atoms with Crippen molar-refractivity contribution in [1.82, 2.24) is 18.9 Å². The van der Waals surface area contributed by atoms with Crippen molar-refractivity contribution in [2.75, 3.05) is 39.3 Å². The number of thiazole rings is 2. The Morgan fingerprint density at radius 2 is 1.00 bits per heavy atom. The number of aryl methyl sites for hydroxylation is 2. The SMILES string of the molecule is O=c1sc2ccccc2n1CCCCCN1CCN(CCCn2c(=O)sc3ccccc32)CC1. The van der Waals surface area contributed by atoms with E-state index in [0.29, 0.717) is 0 Å². The number of rotatable bonds is 10. The van der Waals surface area contributed by atoms with Gasteiger partial charge in [-0.05, 0) is 56.6 Å². The molecule has 0 aliphatic carbocycles. The van der Waals surface area contributed by atoms with E-state index in [2.05, 4.69) is 9.80 Å². The Labute approximate surface area is 207 Å². The van der Waals surface area contributed by atoms with Crippen molar-refractivity contribution in [3.63, 3.8) is 0 Å². The molecule has 0 saturated carbocycles. The highest BCUT2D eigenvalue weighted by molar-refractivity contribution is 7.16. The molecule has 2 aromatic heterocycles. The normalized spacial score (nSPS) is 15.5. The zero-order chi connectivity index (χ0) is 23.3. The van der Waals surface area contributed by atoms with Crippen molar-refractivity contribution in [3.8, 4) is 0 Å². The van der Waals surface area contributed by atoms with Crippen molar-refractivity contribution >= 4 is 43.1 Å². The summed E-state index contributed by atoms with van der Waals surface area (Å²) in [6.07, 6.45) is 4.40. The van der Waals surface area contributed by atoms with E-state index in [1.54, 1.807) is 0 Å². The third-order valence-corrected chi connectivity index (χ3v) is 8.74. The molecule has 180 valence electrons. The molecule has 0 radical (unpaired) electrons. The first kappa shape index (κ1) is 23.5. The highest BCUT2D eigenvalue weighted by Gasteiger charge is 2.16. The Hall–Kier alpha value is -2.26. The molecule has 3 heterocycles. The van der Waals surface area contributed by atoms with E-state index in [4.69, 9.17) is 0 Å². The Morgan fingerprint density at radius 3 is 1.56 bits per heavy atom. The second-order valence-electron chi connectivity index (χ2n) is 9.07. The van der Waals surface area contributed by atoms with E-state index in [-0.39, 0.29) is 9.75 Å². The van der Waals surface area contributed by atoms with Crippen molar-refractivity contribution in [3.05, 3.63) is 67.9 Å². The van der Waals surface area contributed by atoms with Crippen LogP contribution in [0.4, 0.5) is 0 Å². The summed E-state index contributed by atoms with van der Waals surface area (Å²) in [5.41, 5.74) is 2.14. The molecule has 1 fully saturated rings. The lowest BCUT2D eigenvalue weighted by Crippen LogP contribution is -2.46. The number of nitrogens with zero attached hydrogens (tertiary/aromatic N) is 4. The predicted octanol–water partition coefficient (Wildman–Crippen LogP) is 4.32. The van der Waals surface area contributed by atoms with Crippen molar-refractivity contribution in [2.24, 2.45) is 0 Å². The molecule has 5 rings (SSSR count). The van der Waals surface area contributed by atoms with Gasteiger partial charge in [-0.3, -0.25) is 18.7 Å². The molecular formula is C26H32N4O2S2. The first-order valence-electron chi connectivity index (χ1n) is 12.3. The number of piperazine rings is 1. The van der Waals surface area contributed by atoms with Gasteiger partial charge in [-0.1, -0.05) is 53.4 Å². The number of hydrogen-bond donors (Lipinski definition) is 0. The average Bonchev–Trinajstić information content (AvgIpc) is 3.35. The summed E-state index contributed by atoms with van der Waals surface area (Å²) in [6, 6.07) is 16.2. The van der Waals surface area contributed by atoms with E-state index in [1.807, 2.05) is 57.7 Å². The van der Waals surface area contributed by atoms with Gasteiger partial charge in [0, 0.05) is 39.3 Å². The minimum Gasteiger partial charge on any atom is -0.301 e. The Balaban J connectivity index is 0.986. The van der Waals surface area contributed by atoms with Gasteiger partial charge >= 0.3 is 9.75 Å². The van der Waals surface area contributed by atoms with Gasteiger partial charge < -0.3 is 9.80 Å². The zero-order valence-corrected chi connectivity index (χ0v) is 21.2. The van der Waals surface area contributed by atoms with E-state index in [1.165, 1.54) is 29.1 Å². The van der Waals surface area contributed by atoms with Crippen LogP contribution in [-0.4, -0.2) is 58.2 Å². The molecular weight excluding hydrogens is 464 g/mol. The zero-order valence-electron chi connectivity index (χ0n) is 19.5. The van der Waals surface area contributed by atoms with Crippen LogP contribution in [0.25, 0.3) is 20.4 Å². The topological polar surface area (TPSA) is 50.5 Å². The van der Waals surface area contributed by atoms with Gasteiger partial charge in [-0.25, -0.2) is 0 Å². The number of para-hydroxylation sites is 2. The van der Waals surface area contributed by atoms with Crippen molar-refractivity contribution < 1.29 is 0 Å². The molecule has 8 heteroatoms. The fourth-order valence-corrected chi connectivity index (χ4v) is 6.76. The monoisotopic (exact) mass is 496 g/mol. The summed E-state index contributed by atoms with van der Waals surface area (Å²) in [7, 11) is 0. The smallest absolute Gasteiger partial charge is 0.301 e. The van der Waals surface area contributed by atoms with Gasteiger partial charge in [0.05, 0.1) is 20.4 Å². The van der Waals surface area contributed by atoms with Crippen LogP contribution >= 0.6 is 22.7 Å². The number of unbranched alkanes of at least 4 members (excludes halogenated alkanes) is 2. The highest BCUT2D eigenvalue weighted by Crippen LogP contribution is 2.18. The van der Waals surface area contributed by atoms with Crippen LogP contribution in [0.2, 0.25) is 0 Å². The van der Waals surface area contributed by atoms with Crippen molar-refractivity contribution in [1.29, 1.82) is 0 Å². The van der Waals surface area contributed by atoms with Crippen molar-refractivity contribution in [2.45, 2.75) is 38.8 Å². The van der Waals surface area contributed by atoms with Crippen LogP contribution in [0.1, 0.15) is 25.7 Å². The summed E-state index contributed by atoms with van der Waals surface area (Å²) in [4.78, 5) is 30.0. The first-order valence-corrected chi connectivity index (χ1v) is 13.9. The van der Waals surface area contributed by atoms with Crippen LogP contribution in [0.15, 0.2) is 58.1 Å². The molecule has 0 amide bonds. The Kier molecular flexibility index (Phi) is 7.59. The van der Waals surface area contributed by atoms with Gasteiger partial charge in [-0.2, -0.15) is 0 Å². The molecule has 6 nitrogen and oxygen atoms in total. The van der Waals surface area contributed by atoms with Gasteiger partial charge in [-0.15, -0.1) is 0 Å². The first-order chi connectivity index (χ1) is 16.7. The van der Waals surface area contributed by atoms with Crippen LogP contribution in [0, 0.1) is 0 Å². The van der Waals surface area contributed by atoms with E-state index >= 15 is 0 Å². The molecule has 0 unspecified atom stereocenters. The molecule has 0 N–H and O–H groups in total. The molecule has 0 bridgehead atoms. The van der Waals surface area contributed by atoms with Crippen LogP contribution in [0.5, 0.6) is 0 Å². The number of fused-ring (bicyclic) bond motifs is 2. The maximum absolute atomic E-state index is 12.3. The van der Waals surface area contributed by atoms with Gasteiger partial charge in [0.1, 0.15) is 0 Å². The minimum absolute atomic E-state index is 0.156. The maximum atomic E-state index is 12.3. The number of hydrogen-bond acceptors (Lipinski definition) is 6. The van der Waals surface area contributed by atoms with Gasteiger partial charge in [0.15, 0.2) is 0 Å². The van der Waals surface area contributed by atoms with E-state index < -0.39 is 0 Å². The molecule has 1 aliphatic heterocycles. The lowest BCUT2D eigenvalue weighted by molar-refractivity contribution is 0.128. The molecule has 1 aliphatic rings. The largest absolute Gasteiger partial charge is 0.308 e. The number of aromatic nitrogens is 2. The average molecular weight is 497 g/mol. The summed E-state index contributed by atoms with van der Waals surface area (Å²) in [6.45, 7) is 8.26. The van der Waals surface area contributed by atoms with Gasteiger partial charge in [0.2, 0.25) is 0 Å². The second kappa shape index (κ2) is 11.0. The summed E-state index contributed by atoms with van der Waals surface area (Å²) in [5.74, 6) is 0. The van der Waals surface area contributed by atoms with E-state index in [0.717, 1.165) is 92.1 Å². The lowest BCUT2D eigenvalue weighted by Gasteiger charge is -2.34. The molecule has 0 spiro atoms. The summed E-state index contributed by atoms with van der Waals surface area (Å²) >= 11 is 2.70. The third-order valence-electron chi connectivity index (χ3n) is 6.82. The van der Waals surface area contributed by atoms with E-state index in [9.17, 15) is 9.59 Å². The van der Waals surface area contributed by atoms with Gasteiger partial charge in [0.25, 0.3) is 0 Å². The molecule has 34 heavy (non-hydrogen) atoms. The Morgan fingerprint density at radius 1 is 0.559 bits per heavy atom. The Bertz CT molecular complexity index is 1340. The summed E-state index contributed by atoms with van der Waals surface area (Å²) in [5, 5.41) is 0. The fourth-order valence-electron chi connectivity index (χ4n) is 4.92. The maximum Gasteiger partial charge on any atom is 0.308 e. The number of benzene rings is 2. The molecule has 1 saturated heterocycles. The highest BCUT2D eigenvalue weighted by atomic mass is 32.1. The summed E-state index contributed by atoms with van der Waals surface area (Å²) < 4.78 is 6.03. The molecule has 4 aromatic rings. The predicted molar refractivity (Wildman–Crippen MR) is 144 cm³/mol. The fraction of sp³-hybridized carbons (Fsp3) is 0.462. The van der Waals surface area contributed by atoms with Crippen LogP contribution in [0.3, 0.4) is 0 Å². The van der Waals surface area contributed by atoms with Crippen LogP contribution in [-0.2, 0) is 13.1 Å². The standard InChI is InChI=1S/C26H32N4O2S2/c31-25-29(21-9-2-4-11-23(21)33-25)15-7-1-6-13-27-17-19-28(20-18-27)14-8-16-30-22-10-3-5-12-24(22)34-26(30)32/h2-5,9-12H,1,6-8,13-20H2. The second-order valence-corrected chi connectivity index (χ2v) is 11.1. The third kappa shape index (κ3) is 5.35. The quantitative estimate of drug-likeness (QED) is 0.307. The minimum atomic E-state index is 0.156. The van der Waals surface area contributed by atoms with Crippen LogP contribution < -0.4 is 9.75 Å². The molecule has 0 atom stereocenters.